The van der Waals surface area contributed by atoms with Gasteiger partial charge in [-0.1, -0.05) is 30.3 Å². The number of nitrogens with one attached hydrogen (secondary N) is 2. The van der Waals surface area contributed by atoms with Crippen LogP contribution in [-0.4, -0.2) is 58.3 Å². The van der Waals surface area contributed by atoms with Crippen LogP contribution in [0.5, 0.6) is 0 Å². The van der Waals surface area contributed by atoms with Gasteiger partial charge in [0.25, 0.3) is 0 Å². The molecule has 0 aliphatic heterocycles. The molecule has 0 radical (unpaired) electrons. The molecule has 2 N–H and O–H groups in total. The van der Waals surface area contributed by atoms with Gasteiger partial charge in [-0.3, -0.25) is 4.99 Å². The second-order valence-corrected chi connectivity index (χ2v) is 5.07. The largest absolute Gasteiger partial charge is 0.383 e. The molecule has 0 fully saturated rings. The van der Waals surface area contributed by atoms with Gasteiger partial charge in [-0.2, -0.15) is 0 Å². The summed E-state index contributed by atoms with van der Waals surface area (Å²) in [6, 6.07) is 10.6. The zero-order chi connectivity index (χ0) is 15.5. The first-order valence-corrected chi connectivity index (χ1v) is 7.37. The predicted octanol–water partition coefficient (Wildman–Crippen LogP) is 1.49. The van der Waals surface area contributed by atoms with E-state index >= 15 is 0 Å². The van der Waals surface area contributed by atoms with E-state index in [1.165, 1.54) is 5.56 Å². The highest BCUT2D eigenvalue weighted by atomic mass is 16.5. The van der Waals surface area contributed by atoms with Gasteiger partial charge in [0.2, 0.25) is 0 Å². The second kappa shape index (κ2) is 10.2. The molecule has 0 saturated heterocycles. The monoisotopic (exact) mass is 292 g/mol. The molecule has 1 atom stereocenters. The highest BCUT2D eigenvalue weighted by Gasteiger charge is 2.07. The Balaban J connectivity index is 2.32. The number of hydrogen-bond acceptors (Lipinski definition) is 3. The smallest absolute Gasteiger partial charge is 0.191 e. The maximum absolute atomic E-state index is 5.06. The summed E-state index contributed by atoms with van der Waals surface area (Å²) in [5.74, 6) is 0.825. The molecule has 0 bridgehead atoms. The molecule has 0 spiro atoms. The Labute approximate surface area is 128 Å². The van der Waals surface area contributed by atoms with Crippen LogP contribution in [0.15, 0.2) is 35.3 Å². The van der Waals surface area contributed by atoms with Crippen LogP contribution in [0.4, 0.5) is 0 Å². The third-order valence-corrected chi connectivity index (χ3v) is 3.34. The summed E-state index contributed by atoms with van der Waals surface area (Å²) in [6.45, 7) is 5.62. The van der Waals surface area contributed by atoms with Crippen molar-refractivity contribution in [3.05, 3.63) is 35.9 Å². The highest BCUT2D eigenvalue weighted by molar-refractivity contribution is 5.80. The normalized spacial score (nSPS) is 13.3. The Bertz CT molecular complexity index is 408. The molecule has 0 aliphatic carbocycles. The van der Waals surface area contributed by atoms with E-state index in [0.29, 0.717) is 0 Å². The minimum absolute atomic E-state index is 0.226. The average molecular weight is 292 g/mol. The minimum Gasteiger partial charge on any atom is -0.383 e. The molecule has 0 aromatic heterocycles. The number of rotatable bonds is 8. The molecule has 118 valence electrons. The number of hydrogen-bond donors (Lipinski definition) is 2. The molecular formula is C16H28N4O. The van der Waals surface area contributed by atoms with Crippen LogP contribution in [0.3, 0.4) is 0 Å². The molecule has 1 aromatic carbocycles. The van der Waals surface area contributed by atoms with Gasteiger partial charge in [0.1, 0.15) is 0 Å². The van der Waals surface area contributed by atoms with Crippen molar-refractivity contribution in [3.8, 4) is 0 Å². The van der Waals surface area contributed by atoms with Crippen molar-refractivity contribution in [1.29, 1.82) is 0 Å². The van der Waals surface area contributed by atoms with E-state index in [4.69, 9.17) is 4.74 Å². The first-order valence-electron chi connectivity index (χ1n) is 7.37. The van der Waals surface area contributed by atoms with E-state index in [2.05, 4.69) is 58.8 Å². The number of aliphatic imine (C=N–C) groups is 1. The van der Waals surface area contributed by atoms with Crippen LogP contribution in [0.1, 0.15) is 18.5 Å². The van der Waals surface area contributed by atoms with E-state index in [1.807, 2.05) is 6.07 Å². The third kappa shape index (κ3) is 7.11. The average Bonchev–Trinajstić information content (AvgIpc) is 2.52. The molecule has 0 saturated carbocycles. The van der Waals surface area contributed by atoms with E-state index in [-0.39, 0.29) is 6.04 Å². The molecular weight excluding hydrogens is 264 g/mol. The SMILES string of the molecule is CN=C(NCCN(C)CCOC)NC(C)c1ccccc1. The van der Waals surface area contributed by atoms with Crippen LogP contribution in [0.25, 0.3) is 0 Å². The van der Waals surface area contributed by atoms with Gasteiger partial charge >= 0.3 is 0 Å². The zero-order valence-electron chi connectivity index (χ0n) is 13.6. The topological polar surface area (TPSA) is 48.9 Å². The van der Waals surface area contributed by atoms with Gasteiger partial charge in [-0.15, -0.1) is 0 Å². The van der Waals surface area contributed by atoms with Gasteiger partial charge in [-0.05, 0) is 19.5 Å². The lowest BCUT2D eigenvalue weighted by atomic mass is 10.1. The molecule has 1 unspecified atom stereocenters. The summed E-state index contributed by atoms with van der Waals surface area (Å²) in [5.41, 5.74) is 1.25. The van der Waals surface area contributed by atoms with Crippen LogP contribution in [-0.2, 0) is 4.74 Å². The van der Waals surface area contributed by atoms with Gasteiger partial charge in [0.15, 0.2) is 5.96 Å². The fourth-order valence-electron chi connectivity index (χ4n) is 1.95. The van der Waals surface area contributed by atoms with Crippen LogP contribution in [0.2, 0.25) is 0 Å². The van der Waals surface area contributed by atoms with Crippen LogP contribution < -0.4 is 10.6 Å². The summed E-state index contributed by atoms with van der Waals surface area (Å²) >= 11 is 0. The standard InChI is InChI=1S/C16H28N4O/c1-14(15-8-6-5-7-9-15)19-16(17-2)18-10-11-20(3)12-13-21-4/h5-9,14H,10-13H2,1-4H3,(H2,17,18,19). The van der Waals surface area contributed by atoms with Gasteiger partial charge in [-0.25, -0.2) is 0 Å². The van der Waals surface area contributed by atoms with E-state index in [0.717, 1.165) is 32.2 Å². The molecule has 1 rings (SSSR count). The number of benzene rings is 1. The van der Waals surface area contributed by atoms with E-state index in [1.54, 1.807) is 14.2 Å². The molecule has 5 nitrogen and oxygen atoms in total. The predicted molar refractivity (Wildman–Crippen MR) is 88.7 cm³/mol. The van der Waals surface area contributed by atoms with Crippen molar-refractivity contribution < 1.29 is 4.74 Å². The first kappa shape index (κ1) is 17.5. The Kier molecular flexibility index (Phi) is 8.47. The summed E-state index contributed by atoms with van der Waals surface area (Å²) in [7, 11) is 5.61. The molecule has 0 heterocycles. The van der Waals surface area contributed by atoms with Crippen molar-refractivity contribution in [3.63, 3.8) is 0 Å². The minimum atomic E-state index is 0.226. The Hall–Kier alpha value is -1.59. The number of likely N-dealkylation sites (N-methyl/N-ethyl adjacent to an activating group) is 1. The summed E-state index contributed by atoms with van der Waals surface area (Å²) < 4.78 is 5.06. The number of methoxy groups -OCH3 is 1. The van der Waals surface area contributed by atoms with Crippen molar-refractivity contribution >= 4 is 5.96 Å². The first-order chi connectivity index (χ1) is 10.2. The summed E-state index contributed by atoms with van der Waals surface area (Å²) in [6.07, 6.45) is 0. The van der Waals surface area contributed by atoms with E-state index < -0.39 is 0 Å². The van der Waals surface area contributed by atoms with Crippen molar-refractivity contribution in [2.45, 2.75) is 13.0 Å². The Morgan fingerprint density at radius 1 is 1.29 bits per heavy atom. The fraction of sp³-hybridized carbons (Fsp3) is 0.562. The summed E-state index contributed by atoms with van der Waals surface area (Å²) in [5, 5.41) is 6.73. The van der Waals surface area contributed by atoms with Crippen molar-refractivity contribution in [2.24, 2.45) is 4.99 Å². The lowest BCUT2D eigenvalue weighted by Gasteiger charge is -2.20. The van der Waals surface area contributed by atoms with Gasteiger partial charge in [0, 0.05) is 33.8 Å². The molecule has 21 heavy (non-hydrogen) atoms. The lowest BCUT2D eigenvalue weighted by molar-refractivity contribution is 0.162. The number of ether oxygens (including phenoxy) is 1. The van der Waals surface area contributed by atoms with Gasteiger partial charge < -0.3 is 20.3 Å². The maximum atomic E-state index is 5.06. The Morgan fingerprint density at radius 3 is 2.62 bits per heavy atom. The second-order valence-electron chi connectivity index (χ2n) is 5.07. The molecule has 0 aliphatic rings. The lowest BCUT2D eigenvalue weighted by Crippen LogP contribution is -2.42. The maximum Gasteiger partial charge on any atom is 0.191 e. The fourth-order valence-corrected chi connectivity index (χ4v) is 1.95. The van der Waals surface area contributed by atoms with E-state index in [9.17, 15) is 0 Å². The quantitative estimate of drug-likeness (QED) is 0.563. The van der Waals surface area contributed by atoms with Crippen LogP contribution in [0, 0.1) is 0 Å². The highest BCUT2D eigenvalue weighted by Crippen LogP contribution is 2.10. The third-order valence-electron chi connectivity index (χ3n) is 3.34. The van der Waals surface area contributed by atoms with Gasteiger partial charge in [0.05, 0.1) is 12.6 Å². The van der Waals surface area contributed by atoms with Crippen molar-refractivity contribution in [2.75, 3.05) is 47.4 Å². The molecule has 0 amide bonds. The number of guanidine groups is 1. The Morgan fingerprint density at radius 2 is 2.00 bits per heavy atom. The molecule has 1 aromatic rings. The summed E-state index contributed by atoms with van der Waals surface area (Å²) in [4.78, 5) is 6.49. The van der Waals surface area contributed by atoms with Crippen molar-refractivity contribution in [1.82, 2.24) is 15.5 Å². The zero-order valence-corrected chi connectivity index (χ0v) is 13.6. The molecule has 5 heteroatoms. The van der Waals surface area contributed by atoms with Crippen LogP contribution >= 0.6 is 0 Å². The number of nitrogens with zero attached hydrogens (tertiary/aromatic N) is 2.